The topological polar surface area (TPSA) is 83.5 Å². The summed E-state index contributed by atoms with van der Waals surface area (Å²) < 4.78 is 5.41. The quantitative estimate of drug-likeness (QED) is 0.615. The second kappa shape index (κ2) is 10.1. The lowest BCUT2D eigenvalue weighted by Gasteiger charge is -2.34. The van der Waals surface area contributed by atoms with Crippen molar-refractivity contribution in [3.05, 3.63) is 60.6 Å². The number of aromatic nitrogens is 3. The lowest BCUT2D eigenvalue weighted by atomic mass is 10.1. The first-order valence-electron chi connectivity index (χ1n) is 10.8. The SMILES string of the molecule is COc1ccccc1CCNc1cc(-c2ccc(N3CCN(C(C)=O)CC3)nc2)ncn1. The van der Waals surface area contributed by atoms with Crippen molar-refractivity contribution in [3.8, 4) is 17.0 Å². The number of nitrogens with zero attached hydrogens (tertiary/aromatic N) is 5. The predicted octanol–water partition coefficient (Wildman–Crippen LogP) is 2.87. The molecule has 1 saturated heterocycles. The monoisotopic (exact) mass is 432 g/mol. The van der Waals surface area contributed by atoms with Crippen LogP contribution in [0.4, 0.5) is 11.6 Å². The maximum Gasteiger partial charge on any atom is 0.219 e. The molecule has 32 heavy (non-hydrogen) atoms. The molecule has 0 bridgehead atoms. The van der Waals surface area contributed by atoms with E-state index in [9.17, 15) is 4.79 Å². The molecule has 0 spiro atoms. The molecule has 8 heteroatoms. The van der Waals surface area contributed by atoms with Gasteiger partial charge < -0.3 is 19.9 Å². The van der Waals surface area contributed by atoms with E-state index in [0.717, 1.165) is 73.4 Å². The Bertz CT molecular complexity index is 1050. The second-order valence-electron chi connectivity index (χ2n) is 7.68. The molecule has 0 radical (unpaired) electrons. The molecule has 0 atom stereocenters. The number of carbonyl (C=O) groups excluding carboxylic acids is 1. The van der Waals surface area contributed by atoms with Gasteiger partial charge in [0, 0.05) is 57.5 Å². The van der Waals surface area contributed by atoms with Gasteiger partial charge in [-0.15, -0.1) is 0 Å². The average Bonchev–Trinajstić information content (AvgIpc) is 2.85. The number of ether oxygens (including phenoxy) is 1. The lowest BCUT2D eigenvalue weighted by Crippen LogP contribution is -2.48. The first-order chi connectivity index (χ1) is 15.6. The highest BCUT2D eigenvalue weighted by atomic mass is 16.5. The minimum absolute atomic E-state index is 0.129. The molecule has 8 nitrogen and oxygen atoms in total. The number of nitrogens with one attached hydrogen (secondary N) is 1. The summed E-state index contributed by atoms with van der Waals surface area (Å²) in [5, 5.41) is 3.36. The number of benzene rings is 1. The largest absolute Gasteiger partial charge is 0.496 e. The number of rotatable bonds is 7. The lowest BCUT2D eigenvalue weighted by molar-refractivity contribution is -0.129. The Labute approximate surface area is 188 Å². The molecular formula is C24H28N6O2. The maximum absolute atomic E-state index is 11.5. The van der Waals surface area contributed by atoms with Gasteiger partial charge >= 0.3 is 0 Å². The van der Waals surface area contributed by atoms with Crippen LogP contribution in [0.3, 0.4) is 0 Å². The fourth-order valence-electron chi connectivity index (χ4n) is 3.82. The number of methoxy groups -OCH3 is 1. The summed E-state index contributed by atoms with van der Waals surface area (Å²) in [6.07, 6.45) is 4.24. The van der Waals surface area contributed by atoms with Crippen molar-refractivity contribution < 1.29 is 9.53 Å². The molecule has 1 aliphatic heterocycles. The zero-order valence-electron chi connectivity index (χ0n) is 18.5. The summed E-state index contributed by atoms with van der Waals surface area (Å²) in [5.41, 5.74) is 2.91. The van der Waals surface area contributed by atoms with Gasteiger partial charge in [0.05, 0.1) is 12.8 Å². The van der Waals surface area contributed by atoms with Crippen LogP contribution in [0.2, 0.25) is 0 Å². The molecule has 166 valence electrons. The van der Waals surface area contributed by atoms with Crippen molar-refractivity contribution in [2.24, 2.45) is 0 Å². The van der Waals surface area contributed by atoms with Crippen LogP contribution in [0.5, 0.6) is 5.75 Å². The van der Waals surface area contributed by atoms with Gasteiger partial charge in [-0.05, 0) is 30.2 Å². The normalized spacial score (nSPS) is 13.7. The minimum atomic E-state index is 0.129. The molecule has 1 fully saturated rings. The van der Waals surface area contributed by atoms with Crippen molar-refractivity contribution >= 4 is 17.5 Å². The van der Waals surface area contributed by atoms with E-state index in [2.05, 4.69) is 31.2 Å². The summed E-state index contributed by atoms with van der Waals surface area (Å²) in [6, 6.07) is 14.0. The molecule has 0 saturated carbocycles. The number of carbonyl (C=O) groups is 1. The Balaban J connectivity index is 1.36. The first kappa shape index (κ1) is 21.5. The minimum Gasteiger partial charge on any atom is -0.496 e. The third kappa shape index (κ3) is 5.14. The zero-order valence-corrected chi connectivity index (χ0v) is 18.5. The summed E-state index contributed by atoms with van der Waals surface area (Å²) in [5.74, 6) is 2.71. The van der Waals surface area contributed by atoms with E-state index in [1.165, 1.54) is 0 Å². The van der Waals surface area contributed by atoms with Gasteiger partial charge in [-0.25, -0.2) is 15.0 Å². The molecule has 3 aromatic rings. The van der Waals surface area contributed by atoms with E-state index in [1.807, 2.05) is 47.5 Å². The van der Waals surface area contributed by atoms with E-state index in [1.54, 1.807) is 20.4 Å². The van der Waals surface area contributed by atoms with Crippen LogP contribution in [-0.4, -0.2) is 65.6 Å². The van der Waals surface area contributed by atoms with E-state index >= 15 is 0 Å². The van der Waals surface area contributed by atoms with Crippen molar-refractivity contribution in [1.29, 1.82) is 0 Å². The third-order valence-electron chi connectivity index (χ3n) is 5.65. The standard InChI is InChI=1S/C24H28N6O2/c1-18(31)29-11-13-30(14-12-29)24-8-7-20(16-26-24)21-15-23(28-17-27-21)25-10-9-19-5-3-4-6-22(19)32-2/h3-8,15-17H,9-14H2,1-2H3,(H,25,27,28). The van der Waals surface area contributed by atoms with Gasteiger partial charge in [0.1, 0.15) is 23.7 Å². The molecule has 2 aromatic heterocycles. The first-order valence-corrected chi connectivity index (χ1v) is 10.8. The van der Waals surface area contributed by atoms with Crippen molar-refractivity contribution in [2.45, 2.75) is 13.3 Å². The summed E-state index contributed by atoms with van der Waals surface area (Å²) in [7, 11) is 1.69. The van der Waals surface area contributed by atoms with Gasteiger partial charge in [-0.2, -0.15) is 0 Å². The van der Waals surface area contributed by atoms with Crippen LogP contribution < -0.4 is 15.0 Å². The fraction of sp³-hybridized carbons (Fsp3) is 0.333. The van der Waals surface area contributed by atoms with Crippen molar-refractivity contribution in [2.75, 3.05) is 50.1 Å². The predicted molar refractivity (Wildman–Crippen MR) is 125 cm³/mol. The Morgan fingerprint density at radius 2 is 1.88 bits per heavy atom. The molecule has 0 unspecified atom stereocenters. The number of amides is 1. The Kier molecular flexibility index (Phi) is 6.79. The van der Waals surface area contributed by atoms with Gasteiger partial charge in [0.15, 0.2) is 0 Å². The Morgan fingerprint density at radius 3 is 2.59 bits per heavy atom. The zero-order chi connectivity index (χ0) is 22.3. The highest BCUT2D eigenvalue weighted by molar-refractivity contribution is 5.73. The summed E-state index contributed by atoms with van der Waals surface area (Å²) in [6.45, 7) is 5.40. The van der Waals surface area contributed by atoms with Gasteiger partial charge in [0.2, 0.25) is 5.91 Å². The van der Waals surface area contributed by atoms with Gasteiger partial charge in [-0.1, -0.05) is 18.2 Å². The highest BCUT2D eigenvalue weighted by Gasteiger charge is 2.19. The molecule has 4 rings (SSSR count). The number of anilines is 2. The number of hydrogen-bond acceptors (Lipinski definition) is 7. The molecule has 1 aliphatic rings. The van der Waals surface area contributed by atoms with Crippen LogP contribution >= 0.6 is 0 Å². The van der Waals surface area contributed by atoms with Gasteiger partial charge in [0.25, 0.3) is 0 Å². The van der Waals surface area contributed by atoms with Crippen LogP contribution in [0.1, 0.15) is 12.5 Å². The van der Waals surface area contributed by atoms with Crippen LogP contribution in [-0.2, 0) is 11.2 Å². The van der Waals surface area contributed by atoms with Crippen molar-refractivity contribution in [3.63, 3.8) is 0 Å². The number of hydrogen-bond donors (Lipinski definition) is 1. The molecule has 3 heterocycles. The Morgan fingerprint density at radius 1 is 1.06 bits per heavy atom. The second-order valence-corrected chi connectivity index (χ2v) is 7.68. The van der Waals surface area contributed by atoms with Crippen molar-refractivity contribution in [1.82, 2.24) is 19.9 Å². The summed E-state index contributed by atoms with van der Waals surface area (Å²) >= 11 is 0. The van der Waals surface area contributed by atoms with E-state index < -0.39 is 0 Å². The molecule has 1 aromatic carbocycles. The summed E-state index contributed by atoms with van der Waals surface area (Å²) in [4.78, 5) is 28.9. The number of piperazine rings is 1. The number of para-hydroxylation sites is 1. The highest BCUT2D eigenvalue weighted by Crippen LogP contribution is 2.22. The molecule has 1 N–H and O–H groups in total. The van der Waals surface area contributed by atoms with Crippen LogP contribution in [0, 0.1) is 0 Å². The fourth-order valence-corrected chi connectivity index (χ4v) is 3.82. The smallest absolute Gasteiger partial charge is 0.219 e. The van der Waals surface area contributed by atoms with Crippen LogP contribution in [0.25, 0.3) is 11.3 Å². The molecular weight excluding hydrogens is 404 g/mol. The van der Waals surface area contributed by atoms with E-state index in [4.69, 9.17) is 4.74 Å². The molecule has 1 amide bonds. The van der Waals surface area contributed by atoms with E-state index in [0.29, 0.717) is 0 Å². The maximum atomic E-state index is 11.5. The molecule has 0 aliphatic carbocycles. The average molecular weight is 433 g/mol. The Hall–Kier alpha value is -3.68. The third-order valence-corrected chi connectivity index (χ3v) is 5.65. The van der Waals surface area contributed by atoms with Gasteiger partial charge in [-0.3, -0.25) is 4.79 Å². The number of pyridine rings is 1. The van der Waals surface area contributed by atoms with Crippen LogP contribution in [0.15, 0.2) is 55.0 Å². The van der Waals surface area contributed by atoms with E-state index in [-0.39, 0.29) is 5.91 Å².